The van der Waals surface area contributed by atoms with Gasteiger partial charge in [0.25, 0.3) is 5.91 Å². The summed E-state index contributed by atoms with van der Waals surface area (Å²) >= 11 is 3.39. The Balaban J connectivity index is 1.70. The van der Waals surface area contributed by atoms with Gasteiger partial charge in [0.1, 0.15) is 5.58 Å². The van der Waals surface area contributed by atoms with Crippen LogP contribution < -0.4 is 5.32 Å². The van der Waals surface area contributed by atoms with Crippen LogP contribution in [0.25, 0.3) is 21.9 Å². The van der Waals surface area contributed by atoms with Crippen LogP contribution in [-0.4, -0.2) is 10.9 Å². The van der Waals surface area contributed by atoms with Gasteiger partial charge in [0, 0.05) is 21.4 Å². The minimum atomic E-state index is -0.296. The van der Waals surface area contributed by atoms with Crippen molar-refractivity contribution in [3.05, 3.63) is 71.0 Å². The Kier molecular flexibility index (Phi) is 3.35. The molecule has 0 aliphatic carbocycles. The van der Waals surface area contributed by atoms with Crippen molar-refractivity contribution in [2.75, 3.05) is 5.32 Å². The molecule has 2 aromatic heterocycles. The second kappa shape index (κ2) is 5.52. The largest absolute Gasteiger partial charge is 0.451 e. The molecular formula is C18H11BrN2O2. The van der Waals surface area contributed by atoms with Crippen LogP contribution in [0.4, 0.5) is 5.69 Å². The molecule has 0 spiro atoms. The second-order valence-corrected chi connectivity index (χ2v) is 6.04. The third kappa shape index (κ3) is 2.59. The Morgan fingerprint density at radius 2 is 1.91 bits per heavy atom. The average Bonchev–Trinajstić information content (AvgIpc) is 2.98. The van der Waals surface area contributed by atoms with E-state index in [-0.39, 0.29) is 11.7 Å². The lowest BCUT2D eigenvalue weighted by Crippen LogP contribution is -2.11. The maximum Gasteiger partial charge on any atom is 0.291 e. The number of carbonyl (C=O) groups is 1. The highest BCUT2D eigenvalue weighted by Gasteiger charge is 2.14. The number of nitrogens with zero attached hydrogens (tertiary/aromatic N) is 1. The first-order chi connectivity index (χ1) is 11.2. The zero-order valence-electron chi connectivity index (χ0n) is 11.9. The molecule has 0 saturated heterocycles. The lowest BCUT2D eigenvalue weighted by Gasteiger charge is -2.06. The summed E-state index contributed by atoms with van der Waals surface area (Å²) in [6.07, 6.45) is 1.71. The second-order valence-electron chi connectivity index (χ2n) is 5.13. The van der Waals surface area contributed by atoms with Crippen molar-refractivity contribution < 1.29 is 9.21 Å². The zero-order valence-corrected chi connectivity index (χ0v) is 13.5. The summed E-state index contributed by atoms with van der Waals surface area (Å²) in [4.78, 5) is 16.8. The fourth-order valence-electron chi connectivity index (χ4n) is 2.51. The minimum absolute atomic E-state index is 0.269. The lowest BCUT2D eigenvalue weighted by molar-refractivity contribution is 0.0999. The fraction of sp³-hybridized carbons (Fsp3) is 0. The number of carbonyl (C=O) groups excluding carboxylic acids is 1. The summed E-state index contributed by atoms with van der Waals surface area (Å²) in [6, 6.07) is 16.9. The van der Waals surface area contributed by atoms with Crippen molar-refractivity contribution in [2.45, 2.75) is 0 Å². The van der Waals surface area contributed by atoms with Crippen LogP contribution in [0.15, 0.2) is 69.7 Å². The molecule has 2 heterocycles. The molecule has 0 aliphatic rings. The summed E-state index contributed by atoms with van der Waals surface area (Å²) in [6.45, 7) is 0. The normalized spacial score (nSPS) is 11.0. The molecule has 4 aromatic rings. The van der Waals surface area contributed by atoms with Gasteiger partial charge in [-0.15, -0.1) is 0 Å². The van der Waals surface area contributed by atoms with Crippen LogP contribution in [0.1, 0.15) is 10.6 Å². The first-order valence-electron chi connectivity index (χ1n) is 7.05. The Morgan fingerprint density at radius 1 is 1.04 bits per heavy atom. The van der Waals surface area contributed by atoms with Crippen molar-refractivity contribution in [3.8, 4) is 0 Å². The smallest absolute Gasteiger partial charge is 0.291 e. The summed E-state index contributed by atoms with van der Waals surface area (Å²) in [5, 5.41) is 4.72. The SMILES string of the molecule is O=C(Nc1cccc2cccnc12)c1cc2ccc(Br)cc2o1. The van der Waals surface area contributed by atoms with E-state index in [9.17, 15) is 4.79 Å². The first-order valence-corrected chi connectivity index (χ1v) is 7.84. The molecule has 0 unspecified atom stereocenters. The van der Waals surface area contributed by atoms with Gasteiger partial charge in [-0.05, 0) is 36.4 Å². The maximum absolute atomic E-state index is 12.5. The number of anilines is 1. The molecule has 5 heteroatoms. The van der Waals surface area contributed by atoms with Crippen molar-refractivity contribution in [1.29, 1.82) is 0 Å². The van der Waals surface area contributed by atoms with Gasteiger partial charge in [0.2, 0.25) is 0 Å². The zero-order chi connectivity index (χ0) is 15.8. The van der Waals surface area contributed by atoms with Crippen LogP contribution in [0.3, 0.4) is 0 Å². The average molecular weight is 367 g/mol. The van der Waals surface area contributed by atoms with Crippen molar-refractivity contribution in [1.82, 2.24) is 4.98 Å². The van der Waals surface area contributed by atoms with Gasteiger partial charge in [-0.1, -0.05) is 34.1 Å². The van der Waals surface area contributed by atoms with E-state index in [1.807, 2.05) is 48.5 Å². The number of halogens is 1. The van der Waals surface area contributed by atoms with Gasteiger partial charge in [-0.25, -0.2) is 0 Å². The molecule has 0 aliphatic heterocycles. The molecule has 1 amide bonds. The highest BCUT2D eigenvalue weighted by molar-refractivity contribution is 9.10. The number of furan rings is 1. The van der Waals surface area contributed by atoms with E-state index in [4.69, 9.17) is 4.42 Å². The van der Waals surface area contributed by atoms with E-state index < -0.39 is 0 Å². The number of fused-ring (bicyclic) bond motifs is 2. The number of rotatable bonds is 2. The van der Waals surface area contributed by atoms with E-state index >= 15 is 0 Å². The highest BCUT2D eigenvalue weighted by atomic mass is 79.9. The molecule has 0 radical (unpaired) electrons. The number of benzene rings is 2. The molecule has 0 fully saturated rings. The Labute approximate surface area is 140 Å². The maximum atomic E-state index is 12.5. The fourth-order valence-corrected chi connectivity index (χ4v) is 2.85. The Bertz CT molecular complexity index is 1030. The van der Waals surface area contributed by atoms with Crippen LogP contribution in [0, 0.1) is 0 Å². The number of para-hydroxylation sites is 1. The van der Waals surface area contributed by atoms with Crippen LogP contribution in [-0.2, 0) is 0 Å². The summed E-state index contributed by atoms with van der Waals surface area (Å²) in [5.74, 6) is -0.0264. The van der Waals surface area contributed by atoms with Gasteiger partial charge >= 0.3 is 0 Å². The number of aromatic nitrogens is 1. The summed E-state index contributed by atoms with van der Waals surface area (Å²) < 4.78 is 6.54. The van der Waals surface area contributed by atoms with Gasteiger partial charge in [-0.2, -0.15) is 0 Å². The molecular weight excluding hydrogens is 356 g/mol. The topological polar surface area (TPSA) is 55.1 Å². The van der Waals surface area contributed by atoms with Crippen LogP contribution >= 0.6 is 15.9 Å². The lowest BCUT2D eigenvalue weighted by atomic mass is 10.2. The Hall–Kier alpha value is -2.66. The summed E-state index contributed by atoms with van der Waals surface area (Å²) in [7, 11) is 0. The molecule has 0 saturated carbocycles. The quantitative estimate of drug-likeness (QED) is 0.543. The third-order valence-corrected chi connectivity index (χ3v) is 4.08. The van der Waals surface area contributed by atoms with Crippen LogP contribution in [0.2, 0.25) is 0 Å². The molecule has 4 rings (SSSR count). The van der Waals surface area contributed by atoms with E-state index in [0.29, 0.717) is 11.3 Å². The molecule has 0 atom stereocenters. The predicted octanol–water partition coefficient (Wildman–Crippen LogP) is 5.00. The van der Waals surface area contributed by atoms with Crippen molar-refractivity contribution >= 4 is 49.4 Å². The predicted molar refractivity (Wildman–Crippen MR) is 93.6 cm³/mol. The molecule has 1 N–H and O–H groups in total. The number of hydrogen-bond donors (Lipinski definition) is 1. The third-order valence-electron chi connectivity index (χ3n) is 3.59. The van der Waals surface area contributed by atoms with Gasteiger partial charge < -0.3 is 9.73 Å². The number of amides is 1. The molecule has 2 aromatic carbocycles. The van der Waals surface area contributed by atoms with E-state index in [1.54, 1.807) is 12.3 Å². The number of pyridine rings is 1. The minimum Gasteiger partial charge on any atom is -0.451 e. The van der Waals surface area contributed by atoms with Gasteiger partial charge in [-0.3, -0.25) is 9.78 Å². The summed E-state index contributed by atoms with van der Waals surface area (Å²) in [5.41, 5.74) is 2.08. The van der Waals surface area contributed by atoms with E-state index in [2.05, 4.69) is 26.2 Å². The van der Waals surface area contributed by atoms with E-state index in [0.717, 1.165) is 20.8 Å². The molecule has 0 bridgehead atoms. The van der Waals surface area contributed by atoms with Gasteiger partial charge in [0.15, 0.2) is 5.76 Å². The number of hydrogen-bond acceptors (Lipinski definition) is 3. The first kappa shape index (κ1) is 14.0. The standard InChI is InChI=1S/C18H11BrN2O2/c19-13-7-6-12-9-16(23-15(12)10-13)18(22)21-14-5-1-3-11-4-2-8-20-17(11)14/h1-10H,(H,21,22). The van der Waals surface area contributed by atoms with E-state index in [1.165, 1.54) is 0 Å². The molecule has 23 heavy (non-hydrogen) atoms. The highest BCUT2D eigenvalue weighted by Crippen LogP contribution is 2.25. The number of nitrogens with one attached hydrogen (secondary N) is 1. The van der Waals surface area contributed by atoms with Gasteiger partial charge in [0.05, 0.1) is 11.2 Å². The van der Waals surface area contributed by atoms with Crippen molar-refractivity contribution in [3.63, 3.8) is 0 Å². The monoisotopic (exact) mass is 366 g/mol. The Morgan fingerprint density at radius 3 is 2.83 bits per heavy atom. The van der Waals surface area contributed by atoms with Crippen molar-refractivity contribution in [2.24, 2.45) is 0 Å². The molecule has 112 valence electrons. The molecule has 4 nitrogen and oxygen atoms in total. The van der Waals surface area contributed by atoms with Crippen LogP contribution in [0.5, 0.6) is 0 Å².